The van der Waals surface area contributed by atoms with Crippen LogP contribution in [0.2, 0.25) is 0 Å². The fourth-order valence-electron chi connectivity index (χ4n) is 3.51. The Labute approximate surface area is 126 Å². The second-order valence-electron chi connectivity index (χ2n) is 6.75. The predicted molar refractivity (Wildman–Crippen MR) is 79.5 cm³/mol. The van der Waals surface area contributed by atoms with Crippen LogP contribution in [-0.4, -0.2) is 53.9 Å². The molecule has 0 spiro atoms. The lowest BCUT2D eigenvalue weighted by molar-refractivity contribution is -0.130. The molecule has 0 aromatic rings. The van der Waals surface area contributed by atoms with Gasteiger partial charge in [-0.1, -0.05) is 0 Å². The van der Waals surface area contributed by atoms with Gasteiger partial charge in [-0.15, -0.1) is 0 Å². The molecule has 3 nitrogen and oxygen atoms in total. The second kappa shape index (κ2) is 7.03. The molecule has 1 saturated heterocycles. The van der Waals surface area contributed by atoms with Crippen molar-refractivity contribution in [1.82, 2.24) is 9.80 Å². The van der Waals surface area contributed by atoms with Gasteiger partial charge in [-0.2, -0.15) is 0 Å². The van der Waals surface area contributed by atoms with Gasteiger partial charge in [-0.3, -0.25) is 4.79 Å². The zero-order valence-corrected chi connectivity index (χ0v) is 13.3. The lowest BCUT2D eigenvalue weighted by Crippen LogP contribution is -2.38. The number of carbonyl (C=O) groups is 1. The van der Waals surface area contributed by atoms with Gasteiger partial charge >= 0.3 is 0 Å². The molecule has 2 rings (SSSR count). The fourth-order valence-corrected chi connectivity index (χ4v) is 3.51. The van der Waals surface area contributed by atoms with Crippen molar-refractivity contribution in [2.45, 2.75) is 76.3 Å². The highest BCUT2D eigenvalue weighted by Crippen LogP contribution is 2.37. The Balaban J connectivity index is 1.67. The Hall–Kier alpha value is -0.710. The zero-order chi connectivity index (χ0) is 15.5. The molecule has 1 aliphatic heterocycles. The lowest BCUT2D eigenvalue weighted by atomic mass is 10.1. The number of hydrogen-bond acceptors (Lipinski definition) is 2. The van der Waals surface area contributed by atoms with Crippen molar-refractivity contribution in [2.24, 2.45) is 0 Å². The summed E-state index contributed by atoms with van der Waals surface area (Å²) >= 11 is 0. The molecule has 1 amide bonds. The van der Waals surface area contributed by atoms with Gasteiger partial charge in [-0.25, -0.2) is 8.78 Å². The molecule has 1 saturated carbocycles. The molecule has 0 bridgehead atoms. The molecular formula is C16H28F2N2O. The maximum atomic E-state index is 13.3. The SMILES string of the molecule is CC(CCCC(=O)N1CCCC1)N(C)C1CCC(F)(F)C1. The average molecular weight is 302 g/mol. The van der Waals surface area contributed by atoms with Crippen molar-refractivity contribution >= 4 is 5.91 Å². The van der Waals surface area contributed by atoms with E-state index in [-0.39, 0.29) is 30.8 Å². The van der Waals surface area contributed by atoms with Gasteiger partial charge in [0.2, 0.25) is 11.8 Å². The van der Waals surface area contributed by atoms with Crippen LogP contribution in [0.3, 0.4) is 0 Å². The molecule has 0 N–H and O–H groups in total. The molecule has 2 fully saturated rings. The van der Waals surface area contributed by atoms with Gasteiger partial charge in [0.1, 0.15) is 0 Å². The Morgan fingerprint density at radius 3 is 2.62 bits per heavy atom. The average Bonchev–Trinajstić information content (AvgIpc) is 3.06. The number of carbonyl (C=O) groups excluding carboxylic acids is 1. The van der Waals surface area contributed by atoms with Crippen molar-refractivity contribution in [3.63, 3.8) is 0 Å². The smallest absolute Gasteiger partial charge is 0.249 e. The molecule has 1 aliphatic carbocycles. The summed E-state index contributed by atoms with van der Waals surface area (Å²) in [6.45, 7) is 3.90. The van der Waals surface area contributed by atoms with Gasteiger partial charge in [0.25, 0.3) is 0 Å². The summed E-state index contributed by atoms with van der Waals surface area (Å²) in [4.78, 5) is 16.0. The number of halogens is 2. The first-order chi connectivity index (χ1) is 9.89. The van der Waals surface area contributed by atoms with Crippen molar-refractivity contribution in [1.29, 1.82) is 0 Å². The van der Waals surface area contributed by atoms with E-state index < -0.39 is 5.92 Å². The second-order valence-corrected chi connectivity index (χ2v) is 6.75. The number of likely N-dealkylation sites (tertiary alicyclic amines) is 1. The van der Waals surface area contributed by atoms with Gasteiger partial charge < -0.3 is 9.80 Å². The van der Waals surface area contributed by atoms with Crippen molar-refractivity contribution in [3.05, 3.63) is 0 Å². The Kier molecular flexibility index (Phi) is 5.58. The van der Waals surface area contributed by atoms with E-state index in [4.69, 9.17) is 0 Å². The molecule has 0 radical (unpaired) electrons. The quantitative estimate of drug-likeness (QED) is 0.751. The molecule has 21 heavy (non-hydrogen) atoms. The summed E-state index contributed by atoms with van der Waals surface area (Å²) in [6, 6.07) is 0.250. The van der Waals surface area contributed by atoms with Crippen molar-refractivity contribution < 1.29 is 13.6 Å². The minimum absolute atomic E-state index is 0.00992. The van der Waals surface area contributed by atoms with Crippen LogP contribution < -0.4 is 0 Å². The van der Waals surface area contributed by atoms with Crippen molar-refractivity contribution in [3.8, 4) is 0 Å². The maximum absolute atomic E-state index is 13.3. The third kappa shape index (κ3) is 4.63. The molecule has 2 aliphatic rings. The van der Waals surface area contributed by atoms with Crippen LogP contribution >= 0.6 is 0 Å². The normalized spacial score (nSPS) is 26.5. The summed E-state index contributed by atoms with van der Waals surface area (Å²) in [5, 5.41) is 0. The summed E-state index contributed by atoms with van der Waals surface area (Å²) < 4.78 is 26.5. The minimum Gasteiger partial charge on any atom is -0.343 e. The third-order valence-corrected chi connectivity index (χ3v) is 5.12. The third-order valence-electron chi connectivity index (χ3n) is 5.12. The van der Waals surface area contributed by atoms with Crippen LogP contribution in [0.25, 0.3) is 0 Å². The number of amides is 1. The van der Waals surface area contributed by atoms with E-state index >= 15 is 0 Å². The van der Waals surface area contributed by atoms with Crippen LogP contribution in [0.5, 0.6) is 0 Å². The van der Waals surface area contributed by atoms with Crippen molar-refractivity contribution in [2.75, 3.05) is 20.1 Å². The largest absolute Gasteiger partial charge is 0.343 e. The Morgan fingerprint density at radius 2 is 2.05 bits per heavy atom. The highest BCUT2D eigenvalue weighted by molar-refractivity contribution is 5.76. The van der Waals surface area contributed by atoms with E-state index in [1.807, 2.05) is 11.9 Å². The molecule has 0 aromatic heterocycles. The molecule has 1 heterocycles. The molecule has 0 aromatic carbocycles. The van der Waals surface area contributed by atoms with E-state index in [1.54, 1.807) is 0 Å². The van der Waals surface area contributed by atoms with Gasteiger partial charge in [0, 0.05) is 44.4 Å². The molecule has 2 unspecified atom stereocenters. The van der Waals surface area contributed by atoms with E-state index in [1.165, 1.54) is 0 Å². The standard InChI is InChI=1S/C16H28F2N2O/c1-13(19(2)14-8-9-16(17,18)12-14)6-5-7-15(21)20-10-3-4-11-20/h13-14H,3-12H2,1-2H3. The highest BCUT2D eigenvalue weighted by Gasteiger charge is 2.41. The van der Waals surface area contributed by atoms with E-state index in [2.05, 4.69) is 11.8 Å². The summed E-state index contributed by atoms with van der Waals surface area (Å²) in [6.07, 6.45) is 5.19. The topological polar surface area (TPSA) is 23.6 Å². The Bertz CT molecular complexity index is 356. The lowest BCUT2D eigenvalue weighted by Gasteiger charge is -2.30. The number of rotatable bonds is 6. The van der Waals surface area contributed by atoms with Crippen LogP contribution in [0.15, 0.2) is 0 Å². The van der Waals surface area contributed by atoms with E-state index in [9.17, 15) is 13.6 Å². The van der Waals surface area contributed by atoms with E-state index in [0.29, 0.717) is 12.8 Å². The maximum Gasteiger partial charge on any atom is 0.249 e. The monoisotopic (exact) mass is 302 g/mol. The first-order valence-electron chi connectivity index (χ1n) is 8.26. The predicted octanol–water partition coefficient (Wildman–Crippen LogP) is 3.29. The first-order valence-corrected chi connectivity index (χ1v) is 8.26. The van der Waals surface area contributed by atoms with Crippen LogP contribution in [-0.2, 0) is 4.79 Å². The first kappa shape index (κ1) is 16.7. The number of alkyl halides is 2. The van der Waals surface area contributed by atoms with Crippen LogP contribution in [0.4, 0.5) is 8.78 Å². The van der Waals surface area contributed by atoms with Gasteiger partial charge in [0.15, 0.2) is 0 Å². The molecule has 5 heteroatoms. The highest BCUT2D eigenvalue weighted by atomic mass is 19.3. The Morgan fingerprint density at radius 1 is 1.38 bits per heavy atom. The number of hydrogen-bond donors (Lipinski definition) is 0. The summed E-state index contributed by atoms with van der Waals surface area (Å²) in [7, 11) is 1.94. The van der Waals surface area contributed by atoms with Crippen LogP contribution in [0, 0.1) is 0 Å². The van der Waals surface area contributed by atoms with Gasteiger partial charge in [0.05, 0.1) is 0 Å². The molecule has 122 valence electrons. The van der Waals surface area contributed by atoms with Crippen LogP contribution in [0.1, 0.15) is 58.3 Å². The minimum atomic E-state index is -2.48. The zero-order valence-electron chi connectivity index (χ0n) is 13.3. The number of nitrogens with zero attached hydrogens (tertiary/aromatic N) is 2. The fraction of sp³-hybridized carbons (Fsp3) is 0.938. The molecular weight excluding hydrogens is 274 g/mol. The van der Waals surface area contributed by atoms with Gasteiger partial charge in [-0.05, 0) is 46.1 Å². The summed E-state index contributed by atoms with van der Waals surface area (Å²) in [5.74, 6) is -2.22. The summed E-state index contributed by atoms with van der Waals surface area (Å²) in [5.41, 5.74) is 0. The molecule has 2 atom stereocenters. The van der Waals surface area contributed by atoms with E-state index in [0.717, 1.165) is 38.8 Å².